The molecule has 0 heterocycles. The Labute approximate surface area is 130 Å². The average Bonchev–Trinajstić information content (AvgIpc) is 2.47. The molecule has 0 amide bonds. The van der Waals surface area contributed by atoms with Gasteiger partial charge in [-0.2, -0.15) is 0 Å². The van der Waals surface area contributed by atoms with Crippen LogP contribution in [0.3, 0.4) is 0 Å². The van der Waals surface area contributed by atoms with Gasteiger partial charge in [0.1, 0.15) is 5.82 Å². The highest BCUT2D eigenvalue weighted by Crippen LogP contribution is 2.30. The first-order valence-corrected chi connectivity index (χ1v) is 7.46. The maximum Gasteiger partial charge on any atom is 0.163 e. The minimum Gasteiger partial charge on any atom is -0.306 e. The summed E-state index contributed by atoms with van der Waals surface area (Å²) in [5, 5.41) is 3.07. The first-order chi connectivity index (χ1) is 10.1. The molecule has 2 rings (SSSR count). The second-order valence-corrected chi connectivity index (χ2v) is 5.53. The molecule has 5 heteroatoms. The molecule has 1 unspecified atom stereocenters. The third-order valence-electron chi connectivity index (χ3n) is 3.18. The molecule has 1 N–H and O–H groups in total. The lowest BCUT2D eigenvalue weighted by Gasteiger charge is -2.21. The molecule has 0 fully saturated rings. The number of hydrogen-bond acceptors (Lipinski definition) is 1. The minimum absolute atomic E-state index is 0.0976. The van der Waals surface area contributed by atoms with E-state index >= 15 is 0 Å². The number of hydrogen-bond donors (Lipinski definition) is 1. The lowest BCUT2D eigenvalue weighted by Crippen LogP contribution is -2.25. The van der Waals surface area contributed by atoms with Gasteiger partial charge in [0.25, 0.3) is 0 Å². The van der Waals surface area contributed by atoms with E-state index in [2.05, 4.69) is 21.2 Å². The van der Waals surface area contributed by atoms with Crippen LogP contribution in [0.15, 0.2) is 40.9 Å². The summed E-state index contributed by atoms with van der Waals surface area (Å²) in [4.78, 5) is 0. The summed E-state index contributed by atoms with van der Waals surface area (Å²) < 4.78 is 42.1. The third kappa shape index (κ3) is 3.47. The van der Waals surface area contributed by atoms with Crippen molar-refractivity contribution in [1.29, 1.82) is 0 Å². The molecule has 0 radical (unpaired) electrons. The fraction of sp³-hybridized carbons (Fsp3) is 0.250. The molecule has 0 aliphatic heterocycles. The van der Waals surface area contributed by atoms with Crippen molar-refractivity contribution >= 4 is 15.9 Å². The zero-order valence-corrected chi connectivity index (χ0v) is 13.1. The number of halogens is 4. The standard InChI is InChI=1S/C16H15BrF3N/c1-2-9-21-16(10-5-3-7-12(17)14(10)19)11-6-4-8-13(18)15(11)20/h3-8,16,21H,2,9H2,1H3. The molecule has 21 heavy (non-hydrogen) atoms. The lowest BCUT2D eigenvalue weighted by atomic mass is 9.97. The van der Waals surface area contributed by atoms with Gasteiger partial charge in [0.15, 0.2) is 11.6 Å². The van der Waals surface area contributed by atoms with E-state index in [0.717, 1.165) is 12.5 Å². The van der Waals surface area contributed by atoms with Gasteiger partial charge in [0.2, 0.25) is 0 Å². The van der Waals surface area contributed by atoms with E-state index in [1.54, 1.807) is 18.2 Å². The molecule has 0 saturated heterocycles. The van der Waals surface area contributed by atoms with Crippen LogP contribution in [0.5, 0.6) is 0 Å². The monoisotopic (exact) mass is 357 g/mol. The number of benzene rings is 2. The average molecular weight is 358 g/mol. The maximum absolute atomic E-state index is 14.3. The predicted molar refractivity (Wildman–Crippen MR) is 80.6 cm³/mol. The Morgan fingerprint density at radius 1 is 1.00 bits per heavy atom. The van der Waals surface area contributed by atoms with Crippen LogP contribution in [-0.2, 0) is 0 Å². The Balaban J connectivity index is 2.52. The van der Waals surface area contributed by atoms with Crippen LogP contribution in [0, 0.1) is 17.5 Å². The van der Waals surface area contributed by atoms with Gasteiger partial charge < -0.3 is 5.32 Å². The topological polar surface area (TPSA) is 12.0 Å². The normalized spacial score (nSPS) is 12.4. The van der Waals surface area contributed by atoms with E-state index in [1.807, 2.05) is 6.92 Å². The van der Waals surface area contributed by atoms with Gasteiger partial charge in [-0.1, -0.05) is 31.2 Å². The smallest absolute Gasteiger partial charge is 0.163 e. The Morgan fingerprint density at radius 2 is 1.62 bits per heavy atom. The Bertz CT molecular complexity index is 579. The fourth-order valence-electron chi connectivity index (χ4n) is 2.16. The Hall–Kier alpha value is -1.33. The van der Waals surface area contributed by atoms with Gasteiger partial charge in [0.05, 0.1) is 10.5 Å². The van der Waals surface area contributed by atoms with Crippen molar-refractivity contribution in [2.45, 2.75) is 19.4 Å². The second-order valence-electron chi connectivity index (χ2n) is 4.67. The summed E-state index contributed by atoms with van der Waals surface area (Å²) in [5.41, 5.74) is 0.378. The first-order valence-electron chi connectivity index (χ1n) is 6.67. The molecule has 0 saturated carbocycles. The van der Waals surface area contributed by atoms with Crippen LogP contribution in [-0.4, -0.2) is 6.54 Å². The van der Waals surface area contributed by atoms with Crippen molar-refractivity contribution in [3.8, 4) is 0 Å². The SMILES string of the molecule is CCCNC(c1cccc(F)c1F)c1cccc(Br)c1F. The van der Waals surface area contributed by atoms with Gasteiger partial charge in [-0.15, -0.1) is 0 Å². The van der Waals surface area contributed by atoms with Crippen LogP contribution in [0.25, 0.3) is 0 Å². The molecule has 112 valence electrons. The molecule has 1 nitrogen and oxygen atoms in total. The molecule has 2 aromatic rings. The van der Waals surface area contributed by atoms with Crippen molar-refractivity contribution in [3.05, 3.63) is 69.4 Å². The van der Waals surface area contributed by atoms with Crippen molar-refractivity contribution in [2.24, 2.45) is 0 Å². The van der Waals surface area contributed by atoms with Gasteiger partial charge in [-0.05, 0) is 41.0 Å². The van der Waals surface area contributed by atoms with Crippen LogP contribution in [0.4, 0.5) is 13.2 Å². The van der Waals surface area contributed by atoms with Crippen LogP contribution in [0.1, 0.15) is 30.5 Å². The quantitative estimate of drug-likeness (QED) is 0.797. The number of nitrogens with one attached hydrogen (secondary N) is 1. The Kier molecular flexibility index (Phi) is 5.42. The number of rotatable bonds is 5. The zero-order valence-electron chi connectivity index (χ0n) is 11.5. The minimum atomic E-state index is -0.953. The molecule has 0 aromatic heterocycles. The molecule has 1 atom stereocenters. The van der Waals surface area contributed by atoms with E-state index in [4.69, 9.17) is 0 Å². The van der Waals surface area contributed by atoms with Crippen molar-refractivity contribution in [1.82, 2.24) is 5.32 Å². The van der Waals surface area contributed by atoms with Crippen LogP contribution in [0.2, 0.25) is 0 Å². The van der Waals surface area contributed by atoms with Crippen molar-refractivity contribution in [2.75, 3.05) is 6.54 Å². The molecule has 0 aliphatic carbocycles. The van der Waals surface area contributed by atoms with Gasteiger partial charge >= 0.3 is 0 Å². The Morgan fingerprint density at radius 3 is 2.29 bits per heavy atom. The molecule has 0 aliphatic rings. The van der Waals surface area contributed by atoms with E-state index in [-0.39, 0.29) is 11.1 Å². The summed E-state index contributed by atoms with van der Waals surface area (Å²) >= 11 is 3.12. The summed E-state index contributed by atoms with van der Waals surface area (Å²) in [6.07, 6.45) is 0.795. The van der Waals surface area contributed by atoms with Gasteiger partial charge in [-0.3, -0.25) is 0 Å². The van der Waals surface area contributed by atoms with E-state index in [1.165, 1.54) is 12.1 Å². The van der Waals surface area contributed by atoms with Crippen molar-refractivity contribution in [3.63, 3.8) is 0 Å². The summed E-state index contributed by atoms with van der Waals surface area (Å²) in [6.45, 7) is 2.51. The predicted octanol–water partition coefficient (Wildman–Crippen LogP) is 4.96. The molecular formula is C16H15BrF3N. The highest BCUT2D eigenvalue weighted by atomic mass is 79.9. The highest BCUT2D eigenvalue weighted by Gasteiger charge is 2.23. The summed E-state index contributed by atoms with van der Waals surface area (Å²) in [6, 6.07) is 8.00. The van der Waals surface area contributed by atoms with E-state index in [0.29, 0.717) is 11.0 Å². The largest absolute Gasteiger partial charge is 0.306 e. The van der Waals surface area contributed by atoms with E-state index < -0.39 is 23.5 Å². The molecule has 0 bridgehead atoms. The maximum atomic E-state index is 14.3. The van der Waals surface area contributed by atoms with Crippen molar-refractivity contribution < 1.29 is 13.2 Å². The van der Waals surface area contributed by atoms with Crippen LogP contribution >= 0.6 is 15.9 Å². The second kappa shape index (κ2) is 7.09. The summed E-state index contributed by atoms with van der Waals surface area (Å²) in [7, 11) is 0. The van der Waals surface area contributed by atoms with Gasteiger partial charge in [-0.25, -0.2) is 13.2 Å². The highest BCUT2D eigenvalue weighted by molar-refractivity contribution is 9.10. The molecule has 0 spiro atoms. The van der Waals surface area contributed by atoms with Crippen LogP contribution < -0.4 is 5.32 Å². The molecule has 2 aromatic carbocycles. The molecular weight excluding hydrogens is 343 g/mol. The lowest BCUT2D eigenvalue weighted by molar-refractivity contribution is 0.473. The fourth-order valence-corrected chi connectivity index (χ4v) is 2.54. The first kappa shape index (κ1) is 16.0. The summed E-state index contributed by atoms with van der Waals surface area (Å²) in [5.74, 6) is -2.37. The zero-order chi connectivity index (χ0) is 15.4. The third-order valence-corrected chi connectivity index (χ3v) is 3.80. The van der Waals surface area contributed by atoms with E-state index in [9.17, 15) is 13.2 Å². The van der Waals surface area contributed by atoms with Gasteiger partial charge in [0, 0.05) is 11.1 Å².